The van der Waals surface area contributed by atoms with E-state index in [2.05, 4.69) is 26.1 Å². The quantitative estimate of drug-likeness (QED) is 0.689. The minimum Gasteiger partial charge on any atom is -0.468 e. The maximum atomic E-state index is 12.3. The van der Waals surface area contributed by atoms with Crippen LogP contribution in [0.15, 0.2) is 0 Å². The molecule has 0 saturated heterocycles. The molecule has 4 heteroatoms. The summed E-state index contributed by atoms with van der Waals surface area (Å²) in [5.41, 5.74) is -0.901. The lowest BCUT2D eigenvalue weighted by Gasteiger charge is -2.37. The molecule has 0 radical (unpaired) electrons. The molecule has 0 aromatic heterocycles. The van der Waals surface area contributed by atoms with Crippen LogP contribution >= 0.6 is 0 Å². The maximum absolute atomic E-state index is 12.3. The minimum absolute atomic E-state index is 0.199. The molecule has 112 valence electrons. The second-order valence-corrected chi connectivity index (χ2v) is 6.44. The highest BCUT2D eigenvalue weighted by molar-refractivity contribution is 5.82. The van der Waals surface area contributed by atoms with Gasteiger partial charge in [0.15, 0.2) is 0 Å². The van der Waals surface area contributed by atoms with Gasteiger partial charge in [0.2, 0.25) is 0 Å². The smallest absolute Gasteiger partial charge is 0.328 e. The highest BCUT2D eigenvalue weighted by atomic mass is 16.5. The van der Waals surface area contributed by atoms with Gasteiger partial charge in [0.1, 0.15) is 5.54 Å². The molecule has 0 heterocycles. The molecule has 0 aliphatic heterocycles. The van der Waals surface area contributed by atoms with Gasteiger partial charge in [-0.15, -0.1) is 0 Å². The van der Waals surface area contributed by atoms with Crippen molar-refractivity contribution in [3.05, 3.63) is 0 Å². The number of carbonyl (C=O) groups excluding carboxylic acids is 1. The van der Waals surface area contributed by atoms with Crippen LogP contribution in [0.5, 0.6) is 0 Å². The van der Waals surface area contributed by atoms with Gasteiger partial charge in [0, 0.05) is 6.04 Å². The second kappa shape index (κ2) is 6.23. The fourth-order valence-electron chi connectivity index (χ4n) is 2.25. The van der Waals surface area contributed by atoms with Gasteiger partial charge in [0.05, 0.1) is 19.3 Å². The second-order valence-electron chi connectivity index (χ2n) is 6.44. The lowest BCUT2D eigenvalue weighted by molar-refractivity contribution is -0.157. The Bertz CT molecular complexity index is 311. The molecule has 0 aromatic rings. The van der Waals surface area contributed by atoms with Crippen molar-refractivity contribution in [3.8, 4) is 0 Å². The van der Waals surface area contributed by atoms with E-state index in [1.807, 2.05) is 13.8 Å². The molecule has 1 N–H and O–H groups in total. The predicted octanol–water partition coefficient (Wildman–Crippen LogP) is 2.51. The van der Waals surface area contributed by atoms with Crippen LogP contribution < -0.4 is 5.32 Å². The summed E-state index contributed by atoms with van der Waals surface area (Å²) in [6, 6.07) is 0.216. The first-order valence-electron chi connectivity index (χ1n) is 7.27. The van der Waals surface area contributed by atoms with E-state index in [0.717, 1.165) is 19.3 Å². The van der Waals surface area contributed by atoms with Crippen molar-refractivity contribution < 1.29 is 14.3 Å². The standard InChI is InChI=1S/C15H29NO3/c1-7-14(4,5)19-10-15(12-8-9-12,13(17)18-6)16-11(2)3/h11-12,16H,7-10H2,1-6H3. The fraction of sp³-hybridized carbons (Fsp3) is 0.933. The minimum atomic E-state index is -0.685. The highest BCUT2D eigenvalue weighted by Gasteiger charge is 2.53. The zero-order valence-corrected chi connectivity index (χ0v) is 13.2. The van der Waals surface area contributed by atoms with Crippen LogP contribution in [0.3, 0.4) is 0 Å². The third-order valence-corrected chi connectivity index (χ3v) is 3.91. The molecule has 1 saturated carbocycles. The van der Waals surface area contributed by atoms with Gasteiger partial charge in [-0.2, -0.15) is 0 Å². The predicted molar refractivity (Wildman–Crippen MR) is 76.1 cm³/mol. The van der Waals surface area contributed by atoms with E-state index in [1.165, 1.54) is 7.11 Å². The molecular weight excluding hydrogens is 242 g/mol. The Morgan fingerprint density at radius 1 is 1.37 bits per heavy atom. The van der Waals surface area contributed by atoms with Crippen molar-refractivity contribution in [3.63, 3.8) is 0 Å². The summed E-state index contributed by atoms with van der Waals surface area (Å²) in [6.07, 6.45) is 3.03. The van der Waals surface area contributed by atoms with Crippen LogP contribution in [-0.4, -0.2) is 36.9 Å². The Morgan fingerprint density at radius 2 is 1.95 bits per heavy atom. The summed E-state index contributed by atoms with van der Waals surface area (Å²) in [4.78, 5) is 12.3. The van der Waals surface area contributed by atoms with Crippen molar-refractivity contribution >= 4 is 5.97 Å². The van der Waals surface area contributed by atoms with Gasteiger partial charge in [-0.1, -0.05) is 6.92 Å². The van der Waals surface area contributed by atoms with Crippen LogP contribution in [0.25, 0.3) is 0 Å². The van der Waals surface area contributed by atoms with Gasteiger partial charge in [-0.25, -0.2) is 4.79 Å². The van der Waals surface area contributed by atoms with Gasteiger partial charge < -0.3 is 9.47 Å². The average molecular weight is 271 g/mol. The first kappa shape index (κ1) is 16.4. The lowest BCUT2D eigenvalue weighted by atomic mass is 9.92. The molecule has 1 rings (SSSR count). The summed E-state index contributed by atoms with van der Waals surface area (Å²) in [7, 11) is 1.45. The molecule has 1 aliphatic rings. The van der Waals surface area contributed by atoms with E-state index in [9.17, 15) is 4.79 Å². The Kier molecular flexibility index (Phi) is 5.39. The van der Waals surface area contributed by atoms with Crippen LogP contribution in [-0.2, 0) is 14.3 Å². The van der Waals surface area contributed by atoms with Crippen LogP contribution in [0.4, 0.5) is 0 Å². The van der Waals surface area contributed by atoms with E-state index in [0.29, 0.717) is 12.5 Å². The molecular formula is C15H29NO3. The Balaban J connectivity index is 2.86. The molecule has 1 atom stereocenters. The average Bonchev–Trinajstić information content (AvgIpc) is 3.17. The van der Waals surface area contributed by atoms with E-state index < -0.39 is 5.54 Å². The van der Waals surface area contributed by atoms with E-state index in [-0.39, 0.29) is 17.6 Å². The molecule has 0 amide bonds. The van der Waals surface area contributed by atoms with Crippen LogP contribution in [0.1, 0.15) is 53.9 Å². The Morgan fingerprint density at radius 3 is 2.32 bits per heavy atom. The fourth-order valence-corrected chi connectivity index (χ4v) is 2.25. The summed E-state index contributed by atoms with van der Waals surface area (Å²) in [6.45, 7) is 10.7. The molecule has 1 unspecified atom stereocenters. The first-order chi connectivity index (χ1) is 8.77. The van der Waals surface area contributed by atoms with E-state index >= 15 is 0 Å². The number of rotatable bonds is 8. The van der Waals surface area contributed by atoms with Crippen LogP contribution in [0, 0.1) is 5.92 Å². The Labute approximate surface area is 117 Å². The molecule has 1 fully saturated rings. The third kappa shape index (κ3) is 4.18. The number of hydrogen-bond donors (Lipinski definition) is 1. The van der Waals surface area contributed by atoms with Crippen molar-refractivity contribution in [1.29, 1.82) is 0 Å². The zero-order valence-electron chi connectivity index (χ0n) is 13.2. The largest absolute Gasteiger partial charge is 0.468 e. The van der Waals surface area contributed by atoms with E-state index in [4.69, 9.17) is 9.47 Å². The molecule has 0 spiro atoms. The SMILES string of the molecule is CCC(C)(C)OCC(NC(C)C)(C(=O)OC)C1CC1. The van der Waals surface area contributed by atoms with Gasteiger partial charge in [-0.05, 0) is 52.9 Å². The van der Waals surface area contributed by atoms with Crippen LogP contribution in [0.2, 0.25) is 0 Å². The number of methoxy groups -OCH3 is 1. The highest BCUT2D eigenvalue weighted by Crippen LogP contribution is 2.41. The topological polar surface area (TPSA) is 47.6 Å². The van der Waals surface area contributed by atoms with Gasteiger partial charge >= 0.3 is 5.97 Å². The number of esters is 1. The maximum Gasteiger partial charge on any atom is 0.328 e. The molecule has 1 aliphatic carbocycles. The molecule has 4 nitrogen and oxygen atoms in total. The third-order valence-electron chi connectivity index (χ3n) is 3.91. The number of nitrogens with one attached hydrogen (secondary N) is 1. The monoisotopic (exact) mass is 271 g/mol. The summed E-state index contributed by atoms with van der Waals surface area (Å²) in [5, 5.41) is 3.40. The zero-order chi connectivity index (χ0) is 14.7. The van der Waals surface area contributed by atoms with Crippen molar-refractivity contribution in [2.45, 2.75) is 71.1 Å². The van der Waals surface area contributed by atoms with Gasteiger partial charge in [0.25, 0.3) is 0 Å². The normalized spacial score (nSPS) is 19.3. The number of ether oxygens (including phenoxy) is 2. The molecule has 19 heavy (non-hydrogen) atoms. The molecule has 0 bridgehead atoms. The lowest BCUT2D eigenvalue weighted by Crippen LogP contribution is -2.61. The van der Waals surface area contributed by atoms with Gasteiger partial charge in [-0.3, -0.25) is 5.32 Å². The number of carbonyl (C=O) groups is 1. The summed E-state index contributed by atoms with van der Waals surface area (Å²) in [5.74, 6) is 0.130. The summed E-state index contributed by atoms with van der Waals surface area (Å²) < 4.78 is 11.0. The first-order valence-corrected chi connectivity index (χ1v) is 7.27. The Hall–Kier alpha value is -0.610. The summed E-state index contributed by atoms with van der Waals surface area (Å²) >= 11 is 0. The molecule has 0 aromatic carbocycles. The van der Waals surface area contributed by atoms with Crippen molar-refractivity contribution in [1.82, 2.24) is 5.32 Å². The number of hydrogen-bond acceptors (Lipinski definition) is 4. The van der Waals surface area contributed by atoms with Crippen molar-refractivity contribution in [2.24, 2.45) is 5.92 Å². The van der Waals surface area contributed by atoms with E-state index in [1.54, 1.807) is 0 Å². The van der Waals surface area contributed by atoms with Crippen molar-refractivity contribution in [2.75, 3.05) is 13.7 Å².